The maximum absolute atomic E-state index is 12.5. The van der Waals surface area contributed by atoms with Gasteiger partial charge in [0.25, 0.3) is 5.91 Å². The van der Waals surface area contributed by atoms with Crippen molar-refractivity contribution in [1.82, 2.24) is 0 Å². The molecule has 2 aromatic rings. The van der Waals surface area contributed by atoms with E-state index in [2.05, 4.69) is 25.8 Å². The number of rotatable bonds is 8. The number of oxime groups is 1. The van der Waals surface area contributed by atoms with Crippen molar-refractivity contribution in [3.63, 3.8) is 0 Å². The van der Waals surface area contributed by atoms with E-state index in [1.54, 1.807) is 0 Å². The van der Waals surface area contributed by atoms with E-state index in [1.165, 1.54) is 42.5 Å². The van der Waals surface area contributed by atoms with Gasteiger partial charge in [-0.05, 0) is 42.5 Å². The van der Waals surface area contributed by atoms with Crippen molar-refractivity contribution < 1.29 is 32.7 Å². The molecule has 0 atom stereocenters. The molecule has 4 N–H and O–H groups in total. The van der Waals surface area contributed by atoms with Crippen LogP contribution in [0, 0.1) is 0 Å². The largest absolute Gasteiger partial charge is 0.484 e. The zero-order valence-corrected chi connectivity index (χ0v) is 15.7. The van der Waals surface area contributed by atoms with Gasteiger partial charge in [-0.2, -0.15) is 8.78 Å². The van der Waals surface area contributed by atoms with E-state index in [1.807, 2.05) is 0 Å². The summed E-state index contributed by atoms with van der Waals surface area (Å²) in [7, 11) is 0. The number of carbonyl (C=O) groups is 2. The number of halogens is 3. The summed E-state index contributed by atoms with van der Waals surface area (Å²) in [5, 5.41) is 3.50. The van der Waals surface area contributed by atoms with Gasteiger partial charge in [0, 0.05) is 10.0 Å². The number of hydrogen-bond donors (Lipinski definition) is 2. The van der Waals surface area contributed by atoms with Crippen molar-refractivity contribution >= 4 is 33.6 Å². The summed E-state index contributed by atoms with van der Waals surface area (Å²) in [5.74, 6) is -1.81. The molecule has 0 unspecified atom stereocenters. The third-order valence-corrected chi connectivity index (χ3v) is 3.63. The summed E-state index contributed by atoms with van der Waals surface area (Å²) in [6.07, 6.45) is 0. The van der Waals surface area contributed by atoms with E-state index in [9.17, 15) is 18.4 Å². The molecule has 11 heteroatoms. The number of amidine groups is 1. The number of carbonyl (C=O) groups excluding carboxylic acids is 2. The second-order valence-corrected chi connectivity index (χ2v) is 6.07. The van der Waals surface area contributed by atoms with E-state index < -0.39 is 18.5 Å². The van der Waals surface area contributed by atoms with Gasteiger partial charge in [0.2, 0.25) is 0 Å². The highest BCUT2D eigenvalue weighted by molar-refractivity contribution is 9.10. The Hall–Kier alpha value is -3.21. The second kappa shape index (κ2) is 9.65. The number of ether oxygens (including phenoxy) is 2. The lowest BCUT2D eigenvalue weighted by atomic mass is 10.2. The summed E-state index contributed by atoms with van der Waals surface area (Å²) < 4.78 is 34.8. The highest BCUT2D eigenvalue weighted by Gasteiger charge is 2.18. The normalized spacial score (nSPS) is 11.2. The van der Waals surface area contributed by atoms with Gasteiger partial charge in [-0.25, -0.2) is 4.79 Å². The first kappa shape index (κ1) is 21.1. The molecule has 0 fully saturated rings. The maximum Gasteiger partial charge on any atom is 0.387 e. The molecule has 0 aromatic heterocycles. The number of benzene rings is 2. The summed E-state index contributed by atoms with van der Waals surface area (Å²) in [6.45, 7) is -3.40. The molecule has 0 saturated carbocycles. The van der Waals surface area contributed by atoms with Crippen LogP contribution in [-0.4, -0.2) is 30.9 Å². The van der Waals surface area contributed by atoms with Gasteiger partial charge >= 0.3 is 12.6 Å². The molecule has 0 saturated heterocycles. The van der Waals surface area contributed by atoms with Gasteiger partial charge in [-0.1, -0.05) is 21.1 Å². The summed E-state index contributed by atoms with van der Waals surface area (Å²) in [5.41, 5.74) is 10.8. The van der Waals surface area contributed by atoms with Gasteiger partial charge in [0.15, 0.2) is 12.4 Å². The summed E-state index contributed by atoms with van der Waals surface area (Å²) in [4.78, 5) is 27.5. The second-order valence-electron chi connectivity index (χ2n) is 5.15. The Labute approximate surface area is 166 Å². The summed E-state index contributed by atoms with van der Waals surface area (Å²) >= 11 is 3.12. The quantitative estimate of drug-likeness (QED) is 0.271. The van der Waals surface area contributed by atoms with Crippen molar-refractivity contribution in [1.29, 1.82) is 0 Å². The van der Waals surface area contributed by atoms with Crippen LogP contribution in [0.3, 0.4) is 0 Å². The van der Waals surface area contributed by atoms with Gasteiger partial charge in [0.05, 0.1) is 0 Å². The third-order valence-electron chi connectivity index (χ3n) is 3.14. The topological polar surface area (TPSA) is 126 Å². The monoisotopic (exact) mass is 457 g/mol. The molecule has 2 rings (SSSR count). The van der Waals surface area contributed by atoms with Crippen LogP contribution < -0.4 is 20.9 Å². The number of hydrogen-bond acceptors (Lipinski definition) is 6. The van der Waals surface area contributed by atoms with E-state index in [4.69, 9.17) is 21.0 Å². The van der Waals surface area contributed by atoms with Gasteiger partial charge < -0.3 is 25.8 Å². The first-order chi connectivity index (χ1) is 13.3. The lowest BCUT2D eigenvalue weighted by Gasteiger charge is -2.09. The minimum Gasteiger partial charge on any atom is -0.484 e. The van der Waals surface area contributed by atoms with Crippen molar-refractivity contribution in [3.8, 4) is 11.5 Å². The molecule has 0 radical (unpaired) electrons. The van der Waals surface area contributed by atoms with E-state index in [0.717, 1.165) is 0 Å². The average Bonchev–Trinajstić information content (AvgIpc) is 2.65. The number of alkyl halides is 2. The van der Waals surface area contributed by atoms with Crippen LogP contribution in [0.25, 0.3) is 0 Å². The van der Waals surface area contributed by atoms with E-state index in [-0.39, 0.29) is 23.8 Å². The van der Waals surface area contributed by atoms with Crippen molar-refractivity contribution in [2.45, 2.75) is 6.61 Å². The smallest absolute Gasteiger partial charge is 0.387 e. The van der Waals surface area contributed by atoms with Crippen molar-refractivity contribution in [3.05, 3.63) is 58.1 Å². The fraction of sp³-hybridized carbons (Fsp3) is 0.118. The van der Waals surface area contributed by atoms with Crippen LogP contribution in [0.4, 0.5) is 8.78 Å². The fourth-order valence-corrected chi connectivity index (χ4v) is 2.29. The molecular formula is C17H14BrF2N3O5. The van der Waals surface area contributed by atoms with Crippen molar-refractivity contribution in [2.24, 2.45) is 16.6 Å². The van der Waals surface area contributed by atoms with Gasteiger partial charge in [-0.3, -0.25) is 4.79 Å². The molecule has 148 valence electrons. The first-order valence-corrected chi connectivity index (χ1v) is 8.36. The Morgan fingerprint density at radius 2 is 1.79 bits per heavy atom. The number of nitrogens with two attached hydrogens (primary N) is 2. The van der Waals surface area contributed by atoms with Crippen LogP contribution in [0.2, 0.25) is 0 Å². The molecule has 0 spiro atoms. The minimum absolute atomic E-state index is 0.152. The Morgan fingerprint density at radius 3 is 2.39 bits per heavy atom. The SMILES string of the molecule is NC(=O)COc1ccc(/C(N)=N/OC(=O)c2cc(Br)ccc2OC(F)F)cc1. The Morgan fingerprint density at radius 1 is 1.11 bits per heavy atom. The Bertz CT molecular complexity index is 891. The number of primary amides is 1. The van der Waals surface area contributed by atoms with Crippen LogP contribution in [0.1, 0.15) is 15.9 Å². The number of nitrogens with zero attached hydrogens (tertiary/aromatic N) is 1. The summed E-state index contributed by atoms with van der Waals surface area (Å²) in [6, 6.07) is 9.88. The predicted molar refractivity (Wildman–Crippen MR) is 98.0 cm³/mol. The molecular weight excluding hydrogens is 444 g/mol. The molecule has 8 nitrogen and oxygen atoms in total. The lowest BCUT2D eigenvalue weighted by Crippen LogP contribution is -2.20. The van der Waals surface area contributed by atoms with Crippen LogP contribution >= 0.6 is 15.9 Å². The average molecular weight is 458 g/mol. The molecule has 0 aliphatic heterocycles. The molecule has 0 aliphatic carbocycles. The zero-order valence-electron chi connectivity index (χ0n) is 14.1. The predicted octanol–water partition coefficient (Wildman–Crippen LogP) is 2.39. The van der Waals surface area contributed by atoms with E-state index >= 15 is 0 Å². The van der Waals surface area contributed by atoms with Crippen molar-refractivity contribution in [2.75, 3.05) is 6.61 Å². The highest BCUT2D eigenvalue weighted by Crippen LogP contribution is 2.25. The molecule has 0 heterocycles. The standard InChI is InChI=1S/C17H14BrF2N3O5/c18-10-3-6-13(27-17(19)20)12(7-10)16(25)28-23-15(22)9-1-4-11(5-2-9)26-8-14(21)24/h1-7,17H,8H2,(H2,21,24)(H2,22,23). The van der Waals surface area contributed by atoms with Crippen LogP contribution in [-0.2, 0) is 9.63 Å². The van der Waals surface area contributed by atoms with Crippen LogP contribution in [0.5, 0.6) is 11.5 Å². The van der Waals surface area contributed by atoms with Gasteiger partial charge in [-0.15, -0.1) is 0 Å². The first-order valence-electron chi connectivity index (χ1n) is 7.57. The Balaban J connectivity index is 2.09. The molecule has 28 heavy (non-hydrogen) atoms. The lowest BCUT2D eigenvalue weighted by molar-refractivity contribution is -0.119. The van der Waals surface area contributed by atoms with E-state index in [0.29, 0.717) is 15.8 Å². The van der Waals surface area contributed by atoms with Crippen LogP contribution in [0.15, 0.2) is 52.1 Å². The van der Waals surface area contributed by atoms with Gasteiger partial charge in [0.1, 0.15) is 17.1 Å². The minimum atomic E-state index is -3.11. The molecule has 0 aliphatic rings. The fourth-order valence-electron chi connectivity index (χ4n) is 1.93. The molecule has 0 bridgehead atoms. The highest BCUT2D eigenvalue weighted by atomic mass is 79.9. The molecule has 1 amide bonds. The number of amides is 1. The third kappa shape index (κ3) is 6.20. The maximum atomic E-state index is 12.5. The molecule has 2 aromatic carbocycles. The Kier molecular flexibility index (Phi) is 7.27. The zero-order chi connectivity index (χ0) is 20.7.